The van der Waals surface area contributed by atoms with Crippen LogP contribution in [0.15, 0.2) is 88.5 Å². The number of hydrogen-bond acceptors (Lipinski definition) is 20. The van der Waals surface area contributed by atoms with Gasteiger partial charge in [-0.25, -0.2) is 19.6 Å². The molecule has 20 rings (SSSR count). The summed E-state index contributed by atoms with van der Waals surface area (Å²) in [5, 5.41) is 23.0. The fourth-order valence-corrected chi connectivity index (χ4v) is 22.8. The van der Waals surface area contributed by atoms with Gasteiger partial charge in [0.25, 0.3) is 11.8 Å². The van der Waals surface area contributed by atoms with E-state index < -0.39 is 23.9 Å². The number of nitrogens with one attached hydrogen (secondary N) is 6. The Labute approximate surface area is 629 Å². The summed E-state index contributed by atoms with van der Waals surface area (Å²) >= 11 is 3.03. The quantitative estimate of drug-likeness (QED) is 0.0675. The Bertz CT molecular complexity index is 5620. The lowest BCUT2D eigenvalue weighted by Crippen LogP contribution is -2.59. The monoisotopic (exact) mass is 1490 g/mol. The molecule has 0 radical (unpaired) electrons. The van der Waals surface area contributed by atoms with Crippen LogP contribution in [0, 0.1) is 17.3 Å². The van der Waals surface area contributed by atoms with Crippen molar-refractivity contribution in [1.82, 2.24) is 59.3 Å². The largest absolute Gasteiger partial charge is 0.381 e. The van der Waals surface area contributed by atoms with Crippen molar-refractivity contribution < 1.29 is 28.8 Å². The summed E-state index contributed by atoms with van der Waals surface area (Å²) in [5.74, 6) is 1.28. The first-order chi connectivity index (χ1) is 52.4. The van der Waals surface area contributed by atoms with E-state index in [1.807, 2.05) is 25.1 Å². The Morgan fingerprint density at radius 2 is 1.26 bits per heavy atom. The second-order valence-corrected chi connectivity index (χ2v) is 34.6. The summed E-state index contributed by atoms with van der Waals surface area (Å²) in [6, 6.07) is 26.8. The molecule has 9 aliphatic heterocycles. The zero-order valence-electron chi connectivity index (χ0n) is 61.1. The predicted molar refractivity (Wildman–Crippen MR) is 422 cm³/mol. The van der Waals surface area contributed by atoms with Crippen molar-refractivity contribution in [2.45, 2.75) is 127 Å². The van der Waals surface area contributed by atoms with Gasteiger partial charge in [0.1, 0.15) is 33.5 Å². The molecule has 1 spiro atoms. The topological polar surface area (TPSA) is 274 Å². The number of benzene rings is 4. The zero-order valence-corrected chi connectivity index (χ0v) is 62.8. The summed E-state index contributed by atoms with van der Waals surface area (Å²) in [5.41, 5.74) is 9.41. The molecule has 15 heterocycles. The van der Waals surface area contributed by atoms with E-state index in [-0.39, 0.29) is 59.9 Å². The van der Waals surface area contributed by atoms with Gasteiger partial charge in [0, 0.05) is 173 Å². The van der Waals surface area contributed by atoms with Crippen LogP contribution in [0.2, 0.25) is 0 Å². The standard InChI is InChI=1S/C80H88N18O8S2/c1-42-37-81-69-67-50-9-16-62(94-30-28-92(29-31-94)48-35-80(36-48)22-26-91(27-23-80)47-8-12-53-58(34-47)89(3)78(105)97(53)56-13-18-64(99)87-74(56)101)86-52(50)33-45(71(67)108-73(69)76(103)83-42)32-46-38-82-68-66-49-10-17-63(85-51(49)11-15-61(66)107-72(68)77(104)84-46)96-41-59-43(2)60(96)40-95(59)39-44-20-24-93(25-21-44)54-6-5-7-55-70(54)90(4)79(106)98(55)57-14-19-65(100)88-75(57)102/h5-12,15-17,33-34,42-44,46,48,56-57,59-60,81-82H,13-14,18-32,35-41H2,1-4H3,(H,83,103)(H,84,104)(H,87,99,101)(H,88,100,102)/t42-,43-,46-,56?,57?,59?,60+/m1/s1. The van der Waals surface area contributed by atoms with Crippen LogP contribution < -0.4 is 62.9 Å². The molecule has 7 saturated heterocycles. The van der Waals surface area contributed by atoms with Gasteiger partial charge in [-0.1, -0.05) is 13.0 Å². The normalized spacial score (nSPS) is 25.2. The number of para-hydroxylation sites is 1. The molecule has 8 fully saturated rings. The van der Waals surface area contributed by atoms with Crippen LogP contribution in [0.1, 0.15) is 115 Å². The molecule has 10 aromatic rings. The molecular weight excluding hydrogens is 1410 g/mol. The van der Waals surface area contributed by atoms with E-state index in [2.05, 4.69) is 129 Å². The minimum Gasteiger partial charge on any atom is -0.381 e. The van der Waals surface area contributed by atoms with Crippen molar-refractivity contribution in [2.75, 3.05) is 115 Å². The Hall–Kier alpha value is -9.90. The maximum atomic E-state index is 14.7. The van der Waals surface area contributed by atoms with Crippen molar-refractivity contribution in [3.63, 3.8) is 0 Å². The molecule has 108 heavy (non-hydrogen) atoms. The molecule has 6 aromatic heterocycles. The molecule has 4 aromatic carbocycles. The first-order valence-corrected chi connectivity index (χ1v) is 40.4. The number of aryl methyl sites for hydroxylation is 2. The van der Waals surface area contributed by atoms with Crippen molar-refractivity contribution in [1.29, 1.82) is 0 Å². The highest BCUT2D eigenvalue weighted by atomic mass is 32.1. The van der Waals surface area contributed by atoms with E-state index in [1.54, 1.807) is 32.4 Å². The number of imidazole rings is 2. The maximum absolute atomic E-state index is 14.7. The van der Waals surface area contributed by atoms with Gasteiger partial charge < -0.3 is 40.9 Å². The van der Waals surface area contributed by atoms with E-state index in [9.17, 15) is 38.4 Å². The Kier molecular flexibility index (Phi) is 16.0. The number of likely N-dealkylation sites (tertiary alicyclic amines) is 1. The van der Waals surface area contributed by atoms with Crippen molar-refractivity contribution in [3.05, 3.63) is 115 Å². The lowest BCUT2D eigenvalue weighted by Gasteiger charge is -2.56. The number of amides is 6. The summed E-state index contributed by atoms with van der Waals surface area (Å²) in [4.78, 5) is 133. The highest BCUT2D eigenvalue weighted by molar-refractivity contribution is 7.22. The highest BCUT2D eigenvalue weighted by Gasteiger charge is 2.51. The number of imide groups is 2. The zero-order chi connectivity index (χ0) is 73.4. The van der Waals surface area contributed by atoms with Crippen LogP contribution in [0.5, 0.6) is 0 Å². The van der Waals surface area contributed by atoms with Gasteiger partial charge in [0.05, 0.1) is 56.2 Å². The second kappa shape index (κ2) is 25.6. The summed E-state index contributed by atoms with van der Waals surface area (Å²) in [6.07, 6.45) is 8.23. The highest BCUT2D eigenvalue weighted by Crippen LogP contribution is 2.53. The molecular formula is C80H88N18O8S2. The lowest BCUT2D eigenvalue weighted by atomic mass is 9.60. The minimum atomic E-state index is -0.722. The van der Waals surface area contributed by atoms with Crippen LogP contribution in [-0.2, 0) is 39.7 Å². The molecule has 28 heteroatoms. The third kappa shape index (κ3) is 10.9. The molecule has 7 atom stereocenters. The van der Waals surface area contributed by atoms with Crippen LogP contribution in [0.25, 0.3) is 64.0 Å². The molecule has 26 nitrogen and oxygen atoms in total. The third-order valence-electron chi connectivity index (χ3n) is 26.4. The van der Waals surface area contributed by atoms with Crippen LogP contribution in [-0.4, -0.2) is 189 Å². The average Bonchev–Trinajstić information content (AvgIpc) is 1.58. The second-order valence-electron chi connectivity index (χ2n) is 32.6. The number of piperidine rings is 4. The van der Waals surface area contributed by atoms with Crippen LogP contribution >= 0.6 is 22.7 Å². The van der Waals surface area contributed by atoms with Gasteiger partial charge >= 0.3 is 11.4 Å². The van der Waals surface area contributed by atoms with Gasteiger partial charge in [-0.2, -0.15) is 0 Å². The van der Waals surface area contributed by atoms with Crippen molar-refractivity contribution in [2.24, 2.45) is 31.3 Å². The number of hydrogen-bond donors (Lipinski definition) is 6. The number of fused-ring (bicyclic) bond motifs is 14. The maximum Gasteiger partial charge on any atom is 0.329 e. The number of rotatable bonds is 11. The van der Waals surface area contributed by atoms with E-state index in [4.69, 9.17) is 9.97 Å². The molecule has 1 saturated carbocycles. The Balaban J connectivity index is 0.487. The molecule has 2 bridgehead atoms. The fraction of sp³-hybridized carbons (Fsp3) is 0.475. The SMILES string of the molecule is C[C@@H]1CNc2c(sc3c(C[C@@H]4CNc5c(sc6ccc7nc(N8CC9[C@@H](C)[C@@H]8CN9CC8CCN(c9cccc%10c9n(C)c(=O)n%10C9CCC(=O)NC9=O)CC8)ccc7c56)C(=O)N4)cc4nc(N5CCN(C6CC7(CCN(c8ccc9c(c8)n(C)c(=O)n9C8CCC(=O)NC8=O)CC7)C6)CC5)ccc4c23)C(=O)N1. The molecule has 558 valence electrons. The van der Waals surface area contributed by atoms with Crippen LogP contribution in [0.3, 0.4) is 0 Å². The van der Waals surface area contributed by atoms with Gasteiger partial charge in [0.15, 0.2) is 0 Å². The first kappa shape index (κ1) is 67.5. The smallest absolute Gasteiger partial charge is 0.329 e. The minimum absolute atomic E-state index is 0.0507. The summed E-state index contributed by atoms with van der Waals surface area (Å²) < 4.78 is 8.44. The number of aromatic nitrogens is 6. The van der Waals surface area contributed by atoms with E-state index in [0.29, 0.717) is 88.5 Å². The number of piperazine rings is 2. The van der Waals surface area contributed by atoms with Gasteiger partial charge in [-0.3, -0.25) is 67.5 Å². The van der Waals surface area contributed by atoms with Gasteiger partial charge in [-0.05, 0) is 160 Å². The van der Waals surface area contributed by atoms with Crippen molar-refractivity contribution >= 4 is 157 Å². The third-order valence-corrected chi connectivity index (χ3v) is 28.8. The summed E-state index contributed by atoms with van der Waals surface area (Å²) in [6.45, 7) is 15.7. The molecule has 6 amide bonds. The number of nitrogens with zero attached hydrogens (tertiary/aromatic N) is 12. The van der Waals surface area contributed by atoms with Gasteiger partial charge in [-0.15, -0.1) is 22.7 Å². The molecule has 1 aliphatic carbocycles. The number of thiophene rings is 2. The average molecular weight is 1490 g/mol. The Morgan fingerprint density at radius 3 is 1.99 bits per heavy atom. The van der Waals surface area contributed by atoms with E-state index >= 15 is 0 Å². The number of carbonyl (C=O) groups is 6. The van der Waals surface area contributed by atoms with Crippen molar-refractivity contribution in [3.8, 4) is 0 Å². The number of carbonyl (C=O) groups excluding carboxylic acids is 6. The number of pyridine rings is 2. The van der Waals surface area contributed by atoms with Gasteiger partial charge in [0.2, 0.25) is 23.6 Å². The van der Waals surface area contributed by atoms with E-state index in [0.717, 1.165) is 191 Å². The molecule has 3 unspecified atom stereocenters. The lowest BCUT2D eigenvalue weighted by molar-refractivity contribution is -0.137. The number of anilines is 6. The first-order valence-electron chi connectivity index (χ1n) is 38.8. The van der Waals surface area contributed by atoms with Crippen LogP contribution in [0.4, 0.5) is 34.4 Å². The molecule has 10 aliphatic rings. The van der Waals surface area contributed by atoms with E-state index in [1.165, 1.54) is 35.5 Å². The molecule has 6 N–H and O–H groups in total. The summed E-state index contributed by atoms with van der Waals surface area (Å²) in [7, 11) is 3.53. The Morgan fingerprint density at radius 1 is 0.583 bits per heavy atom. The predicted octanol–water partition coefficient (Wildman–Crippen LogP) is 7.78. The fourth-order valence-electron chi connectivity index (χ4n) is 20.5.